The van der Waals surface area contributed by atoms with Crippen molar-refractivity contribution in [2.24, 2.45) is 10.2 Å². The molecule has 0 spiro atoms. The number of rotatable bonds is 15. The SMILES string of the molecule is Cc1c(C#N)c(Nc2ccc(S(=O)(=O)O)cc2)nc(Nc2ccc(S(=O)(=O)O)cc2)c1NCNc1nc(-c2ccccc2)c(N=Nc2cc(S(=O)(=O)O)c3cccc(S(=O)(=O)O)c3c2)s1. The Hall–Kier alpha value is -6.93. The van der Waals surface area contributed by atoms with E-state index in [0.717, 1.165) is 47.7 Å². The number of benzene rings is 5. The maximum absolute atomic E-state index is 12.4. The highest BCUT2D eigenvalue weighted by Gasteiger charge is 2.23. The Balaban J connectivity index is 1.23. The molecule has 0 fully saturated rings. The van der Waals surface area contributed by atoms with E-state index in [1.54, 1.807) is 37.3 Å². The number of fused-ring (bicyclic) bond motifs is 1. The van der Waals surface area contributed by atoms with Crippen LogP contribution in [0.5, 0.6) is 0 Å². The molecule has 0 aliphatic carbocycles. The number of pyridine rings is 1. The Bertz CT molecular complexity index is 3530. The molecule has 334 valence electrons. The van der Waals surface area contributed by atoms with E-state index < -0.39 is 50.3 Å². The van der Waals surface area contributed by atoms with Gasteiger partial charge in [0.2, 0.25) is 0 Å². The number of thiazole rings is 1. The zero-order valence-corrected chi connectivity index (χ0v) is 37.0. The van der Waals surface area contributed by atoms with Crippen molar-refractivity contribution >= 4 is 107 Å². The fourth-order valence-electron chi connectivity index (χ4n) is 6.29. The first-order valence-electron chi connectivity index (χ1n) is 18.2. The molecule has 26 heteroatoms. The lowest BCUT2D eigenvalue weighted by molar-refractivity contribution is 0.481. The van der Waals surface area contributed by atoms with Crippen molar-refractivity contribution in [1.82, 2.24) is 9.97 Å². The molecule has 0 aliphatic rings. The van der Waals surface area contributed by atoms with E-state index in [-0.39, 0.29) is 65.9 Å². The van der Waals surface area contributed by atoms with E-state index in [4.69, 9.17) is 0 Å². The van der Waals surface area contributed by atoms with Crippen LogP contribution in [0.25, 0.3) is 22.0 Å². The van der Waals surface area contributed by atoms with Crippen LogP contribution in [0.4, 0.5) is 44.5 Å². The zero-order valence-electron chi connectivity index (χ0n) is 32.9. The van der Waals surface area contributed by atoms with E-state index in [1.807, 2.05) is 0 Å². The summed E-state index contributed by atoms with van der Waals surface area (Å²) in [6.45, 7) is 1.54. The number of hydrogen-bond donors (Lipinski definition) is 8. The second-order valence-electron chi connectivity index (χ2n) is 13.6. The quantitative estimate of drug-likeness (QED) is 0.0275. The first-order valence-corrected chi connectivity index (χ1v) is 24.8. The molecule has 5 aromatic carbocycles. The minimum Gasteiger partial charge on any atom is -0.365 e. The Morgan fingerprint density at radius 1 is 0.631 bits per heavy atom. The van der Waals surface area contributed by atoms with Crippen molar-refractivity contribution in [3.63, 3.8) is 0 Å². The van der Waals surface area contributed by atoms with Crippen molar-refractivity contribution < 1.29 is 51.9 Å². The molecule has 0 saturated carbocycles. The second kappa shape index (κ2) is 17.9. The smallest absolute Gasteiger partial charge is 0.295 e. The maximum Gasteiger partial charge on any atom is 0.295 e. The molecule has 7 rings (SSSR count). The molecule has 2 aromatic heterocycles. The summed E-state index contributed by atoms with van der Waals surface area (Å²) in [6.07, 6.45) is 0. The lowest BCUT2D eigenvalue weighted by atomic mass is 10.1. The largest absolute Gasteiger partial charge is 0.365 e. The summed E-state index contributed by atoms with van der Waals surface area (Å²) in [6, 6.07) is 26.6. The van der Waals surface area contributed by atoms with Gasteiger partial charge in [-0.1, -0.05) is 53.8 Å². The summed E-state index contributed by atoms with van der Waals surface area (Å²) in [5.41, 5.74) is 2.09. The topological polar surface area (TPSA) is 340 Å². The van der Waals surface area contributed by atoms with Crippen molar-refractivity contribution in [1.29, 1.82) is 5.26 Å². The molecule has 0 radical (unpaired) electrons. The van der Waals surface area contributed by atoms with Gasteiger partial charge in [0.1, 0.15) is 21.6 Å². The lowest BCUT2D eigenvalue weighted by Crippen LogP contribution is -2.16. The van der Waals surface area contributed by atoms with Crippen LogP contribution in [0.2, 0.25) is 0 Å². The van der Waals surface area contributed by atoms with Crippen molar-refractivity contribution in [2.45, 2.75) is 26.5 Å². The molecule has 2 heterocycles. The van der Waals surface area contributed by atoms with Gasteiger partial charge < -0.3 is 21.3 Å². The fraction of sp³-hybridized carbons (Fsp3) is 0.0513. The van der Waals surface area contributed by atoms with Gasteiger partial charge in [-0.2, -0.15) is 38.9 Å². The summed E-state index contributed by atoms with van der Waals surface area (Å²) in [4.78, 5) is 7.27. The second-order valence-corrected chi connectivity index (χ2v) is 20.2. The number of hydrogen-bond acceptors (Lipinski definition) is 18. The molecule has 8 N–H and O–H groups in total. The monoisotopic (exact) mass is 977 g/mol. The Morgan fingerprint density at radius 3 is 1.77 bits per heavy atom. The molecule has 0 bridgehead atoms. The first kappa shape index (κ1) is 46.1. The number of nitriles is 1. The third kappa shape index (κ3) is 10.6. The normalized spacial score (nSPS) is 12.2. The van der Waals surface area contributed by atoms with Crippen LogP contribution < -0.4 is 21.3 Å². The average Bonchev–Trinajstić information content (AvgIpc) is 3.65. The molecule has 7 aromatic rings. The van der Waals surface area contributed by atoms with Crippen LogP contribution in [-0.2, 0) is 40.5 Å². The maximum atomic E-state index is 12.4. The number of nitrogens with zero attached hydrogens (tertiary/aromatic N) is 5. The highest BCUT2D eigenvalue weighted by Crippen LogP contribution is 2.41. The van der Waals surface area contributed by atoms with Crippen LogP contribution in [0.15, 0.2) is 139 Å². The predicted octanol–water partition coefficient (Wildman–Crippen LogP) is 7.91. The van der Waals surface area contributed by atoms with E-state index in [1.165, 1.54) is 42.5 Å². The van der Waals surface area contributed by atoms with Gasteiger partial charge in [0, 0.05) is 27.7 Å². The van der Waals surface area contributed by atoms with Crippen molar-refractivity contribution in [3.8, 4) is 17.3 Å². The third-order valence-corrected chi connectivity index (χ3v) is 13.7. The molecular formula is C39H31N9O12S5. The van der Waals surface area contributed by atoms with Gasteiger partial charge in [-0.05, 0) is 79.2 Å². The molecule has 0 unspecified atom stereocenters. The summed E-state index contributed by atoms with van der Waals surface area (Å²) in [5.74, 6) is 0.155. The van der Waals surface area contributed by atoms with Crippen LogP contribution in [-0.4, -0.2) is 68.5 Å². The highest BCUT2D eigenvalue weighted by molar-refractivity contribution is 7.86. The fourth-order valence-corrected chi connectivity index (χ4v) is 9.48. The molecule has 0 atom stereocenters. The molecule has 0 aliphatic heterocycles. The van der Waals surface area contributed by atoms with E-state index in [2.05, 4.69) is 47.5 Å². The van der Waals surface area contributed by atoms with Gasteiger partial charge in [0.25, 0.3) is 40.5 Å². The van der Waals surface area contributed by atoms with Gasteiger partial charge in [0.05, 0.1) is 33.4 Å². The summed E-state index contributed by atoms with van der Waals surface area (Å²) < 4.78 is 134. The molecule has 65 heavy (non-hydrogen) atoms. The first-order chi connectivity index (χ1) is 30.6. The van der Waals surface area contributed by atoms with E-state index in [9.17, 15) is 57.1 Å². The minimum absolute atomic E-state index is 0.0342. The molecule has 21 nitrogen and oxygen atoms in total. The van der Waals surface area contributed by atoms with Gasteiger partial charge >= 0.3 is 0 Å². The highest BCUT2D eigenvalue weighted by atomic mass is 32.2. The van der Waals surface area contributed by atoms with Gasteiger partial charge in [-0.15, -0.1) is 10.2 Å². The van der Waals surface area contributed by atoms with E-state index >= 15 is 0 Å². The van der Waals surface area contributed by atoms with Crippen molar-refractivity contribution in [3.05, 3.63) is 120 Å². The Labute approximate surface area is 374 Å². The standard InChI is InChI=1S/C39H31N9O12S5/c1-22-31(20-40)36(43-24-10-14-27(15-11-24)62(49,50)51)46-37(44-25-12-16-28(17-13-25)63(52,53)54)34(22)41-21-42-39-45-35(23-6-3-2-4-7-23)38(61-39)48-47-26-18-30-29(33(19-26)65(58,59)60)8-5-9-32(30)64(55,56)57/h2-19,41H,21H2,1H3,(H,42,45)(H2,43,44,46)(H,49,50,51)(H,52,53,54)(H,55,56,57)(H,58,59,60). The Morgan fingerprint density at radius 2 is 1.22 bits per heavy atom. The summed E-state index contributed by atoms with van der Waals surface area (Å²) >= 11 is 1.02. The summed E-state index contributed by atoms with van der Waals surface area (Å²) in [7, 11) is -18.8. The van der Waals surface area contributed by atoms with Gasteiger partial charge in [-0.3, -0.25) is 18.2 Å². The van der Waals surface area contributed by atoms with Crippen LogP contribution >= 0.6 is 11.3 Å². The minimum atomic E-state index is -4.93. The van der Waals surface area contributed by atoms with Gasteiger partial charge in [-0.25, -0.2) is 9.97 Å². The van der Waals surface area contributed by atoms with Crippen LogP contribution in [0.1, 0.15) is 11.1 Å². The zero-order chi connectivity index (χ0) is 46.9. The average molecular weight is 978 g/mol. The number of nitrogens with one attached hydrogen (secondary N) is 4. The number of anilines is 6. The Kier molecular flexibility index (Phi) is 12.7. The van der Waals surface area contributed by atoms with Crippen molar-refractivity contribution in [2.75, 3.05) is 27.9 Å². The number of azo groups is 1. The van der Waals surface area contributed by atoms with E-state index in [0.29, 0.717) is 28.2 Å². The molecular weight excluding hydrogens is 947 g/mol. The molecule has 0 saturated heterocycles. The molecule has 0 amide bonds. The van der Waals surface area contributed by atoms with Crippen LogP contribution in [0.3, 0.4) is 0 Å². The van der Waals surface area contributed by atoms with Crippen LogP contribution in [0, 0.1) is 18.3 Å². The van der Waals surface area contributed by atoms with Gasteiger partial charge in [0.15, 0.2) is 21.8 Å². The number of aromatic nitrogens is 2. The lowest BCUT2D eigenvalue weighted by Gasteiger charge is -2.20. The third-order valence-electron chi connectivity index (χ3n) is 9.27. The predicted molar refractivity (Wildman–Crippen MR) is 240 cm³/mol. The summed E-state index contributed by atoms with van der Waals surface area (Å²) in [5, 5.41) is 31.1.